The van der Waals surface area contributed by atoms with Gasteiger partial charge < -0.3 is 11.1 Å². The van der Waals surface area contributed by atoms with Crippen molar-refractivity contribution in [2.24, 2.45) is 10.7 Å². The number of hydrogen-bond donors (Lipinski definition) is 2. The van der Waals surface area contributed by atoms with Gasteiger partial charge in [-0.3, -0.25) is 0 Å². The molecule has 3 nitrogen and oxygen atoms in total. The first-order valence-electron chi connectivity index (χ1n) is 5.90. The summed E-state index contributed by atoms with van der Waals surface area (Å²) in [5, 5.41) is 7.31. The van der Waals surface area contributed by atoms with Gasteiger partial charge in [-0.2, -0.15) is 11.3 Å². The largest absolute Gasteiger partial charge is 0.370 e. The molecule has 4 heteroatoms. The number of aliphatic imine (C=N–C) groups is 1. The molecule has 0 saturated heterocycles. The number of nitrogens with one attached hydrogen (secondary N) is 1. The number of thiophene rings is 1. The lowest BCUT2D eigenvalue weighted by molar-refractivity contribution is 0.741. The van der Waals surface area contributed by atoms with Crippen molar-refractivity contribution in [2.75, 3.05) is 5.32 Å². The monoisotopic (exact) mass is 259 g/mol. The van der Waals surface area contributed by atoms with Crippen LogP contribution in [0.3, 0.4) is 0 Å². The summed E-state index contributed by atoms with van der Waals surface area (Å²) in [5.41, 5.74) is 8.15. The molecule has 0 spiro atoms. The molecule has 1 atom stereocenters. The van der Waals surface area contributed by atoms with E-state index < -0.39 is 0 Å². The molecule has 94 valence electrons. The Bertz CT molecular complexity index is 491. The molecule has 0 aliphatic rings. The molecule has 1 unspecified atom stereocenters. The number of para-hydroxylation sites is 1. The van der Waals surface area contributed by atoms with Crippen LogP contribution in [0.1, 0.15) is 12.5 Å². The van der Waals surface area contributed by atoms with Gasteiger partial charge in [-0.05, 0) is 47.9 Å². The standard InChI is InChI=1S/C14H17N3S/c1-11(9-12-7-8-18-10-12)16-14(15)17-13-5-3-2-4-6-13/h2-8,10-11H,9H2,1H3,(H3,15,16,17). The molecule has 2 rings (SSSR count). The number of guanidine groups is 1. The van der Waals surface area contributed by atoms with Crippen LogP contribution in [0.2, 0.25) is 0 Å². The summed E-state index contributed by atoms with van der Waals surface area (Å²) in [5.74, 6) is 0.462. The van der Waals surface area contributed by atoms with Crippen molar-refractivity contribution in [3.8, 4) is 0 Å². The van der Waals surface area contributed by atoms with Crippen molar-refractivity contribution in [3.05, 3.63) is 52.7 Å². The highest BCUT2D eigenvalue weighted by molar-refractivity contribution is 7.07. The summed E-state index contributed by atoms with van der Waals surface area (Å²) in [6.45, 7) is 2.07. The van der Waals surface area contributed by atoms with Crippen LogP contribution in [-0.2, 0) is 6.42 Å². The maximum Gasteiger partial charge on any atom is 0.193 e. The second-order valence-corrected chi connectivity index (χ2v) is 4.97. The number of hydrogen-bond acceptors (Lipinski definition) is 2. The molecule has 1 aromatic heterocycles. The van der Waals surface area contributed by atoms with Crippen LogP contribution < -0.4 is 11.1 Å². The topological polar surface area (TPSA) is 50.4 Å². The predicted molar refractivity (Wildman–Crippen MR) is 79.2 cm³/mol. The first-order chi connectivity index (χ1) is 8.74. The molecule has 0 bridgehead atoms. The molecule has 1 aromatic carbocycles. The zero-order valence-electron chi connectivity index (χ0n) is 10.3. The summed E-state index contributed by atoms with van der Waals surface area (Å²) < 4.78 is 0. The Kier molecular flexibility index (Phi) is 4.36. The molecule has 0 fully saturated rings. The van der Waals surface area contributed by atoms with E-state index in [0.717, 1.165) is 12.1 Å². The highest BCUT2D eigenvalue weighted by atomic mass is 32.1. The van der Waals surface area contributed by atoms with E-state index in [2.05, 4.69) is 34.1 Å². The first kappa shape index (κ1) is 12.6. The molecule has 0 radical (unpaired) electrons. The van der Waals surface area contributed by atoms with Gasteiger partial charge in [0.05, 0.1) is 6.04 Å². The lowest BCUT2D eigenvalue weighted by Crippen LogP contribution is -2.24. The van der Waals surface area contributed by atoms with Gasteiger partial charge in [0.2, 0.25) is 0 Å². The van der Waals surface area contributed by atoms with E-state index in [9.17, 15) is 0 Å². The molecule has 3 N–H and O–H groups in total. The van der Waals surface area contributed by atoms with Crippen molar-refractivity contribution in [2.45, 2.75) is 19.4 Å². The van der Waals surface area contributed by atoms with Gasteiger partial charge in [0, 0.05) is 5.69 Å². The zero-order valence-corrected chi connectivity index (χ0v) is 11.2. The number of benzene rings is 1. The van der Waals surface area contributed by atoms with E-state index >= 15 is 0 Å². The van der Waals surface area contributed by atoms with E-state index in [1.54, 1.807) is 11.3 Å². The molecule has 1 heterocycles. The number of nitrogens with zero attached hydrogens (tertiary/aromatic N) is 1. The minimum Gasteiger partial charge on any atom is -0.370 e. The Labute approximate surface area is 111 Å². The van der Waals surface area contributed by atoms with Gasteiger partial charge in [-0.25, -0.2) is 4.99 Å². The Hall–Kier alpha value is -1.81. The lowest BCUT2D eigenvalue weighted by atomic mass is 10.1. The molecular formula is C14H17N3S. The molecular weight excluding hydrogens is 242 g/mol. The maximum atomic E-state index is 5.88. The second kappa shape index (κ2) is 6.21. The zero-order chi connectivity index (χ0) is 12.8. The molecule has 2 aromatic rings. The van der Waals surface area contributed by atoms with Crippen molar-refractivity contribution < 1.29 is 0 Å². The lowest BCUT2D eigenvalue weighted by Gasteiger charge is -2.09. The third-order valence-corrected chi connectivity index (χ3v) is 3.25. The van der Waals surface area contributed by atoms with Crippen LogP contribution in [0.5, 0.6) is 0 Å². The van der Waals surface area contributed by atoms with Crippen LogP contribution in [0, 0.1) is 0 Å². The van der Waals surface area contributed by atoms with Crippen molar-refractivity contribution in [3.63, 3.8) is 0 Å². The Morgan fingerprint density at radius 1 is 1.33 bits per heavy atom. The van der Waals surface area contributed by atoms with E-state index in [4.69, 9.17) is 5.73 Å². The highest BCUT2D eigenvalue weighted by Gasteiger charge is 2.03. The fourth-order valence-electron chi connectivity index (χ4n) is 1.73. The van der Waals surface area contributed by atoms with E-state index in [1.807, 2.05) is 30.3 Å². The van der Waals surface area contributed by atoms with Gasteiger partial charge in [0.1, 0.15) is 0 Å². The van der Waals surface area contributed by atoms with Crippen molar-refractivity contribution in [1.82, 2.24) is 0 Å². The number of nitrogens with two attached hydrogens (primary N) is 1. The van der Waals surface area contributed by atoms with E-state index in [1.165, 1.54) is 5.56 Å². The molecule has 0 aliphatic carbocycles. The minimum atomic E-state index is 0.177. The predicted octanol–water partition coefficient (Wildman–Crippen LogP) is 3.11. The summed E-state index contributed by atoms with van der Waals surface area (Å²) in [6, 6.07) is 12.1. The average Bonchev–Trinajstić information content (AvgIpc) is 2.82. The maximum absolute atomic E-state index is 5.88. The van der Waals surface area contributed by atoms with Crippen molar-refractivity contribution in [1.29, 1.82) is 0 Å². The smallest absolute Gasteiger partial charge is 0.193 e. The summed E-state index contributed by atoms with van der Waals surface area (Å²) in [6.07, 6.45) is 0.917. The fourth-order valence-corrected chi connectivity index (χ4v) is 2.42. The normalized spacial score (nSPS) is 13.3. The molecule has 0 aliphatic heterocycles. The van der Waals surface area contributed by atoms with Gasteiger partial charge in [-0.15, -0.1) is 0 Å². The Balaban J connectivity index is 1.91. The highest BCUT2D eigenvalue weighted by Crippen LogP contribution is 2.10. The third-order valence-electron chi connectivity index (χ3n) is 2.52. The summed E-state index contributed by atoms with van der Waals surface area (Å²) in [4.78, 5) is 4.44. The van der Waals surface area contributed by atoms with Crippen LogP contribution in [0.25, 0.3) is 0 Å². The van der Waals surface area contributed by atoms with E-state index in [-0.39, 0.29) is 6.04 Å². The molecule has 18 heavy (non-hydrogen) atoms. The van der Waals surface area contributed by atoms with Crippen LogP contribution in [0.4, 0.5) is 5.69 Å². The minimum absolute atomic E-state index is 0.177. The van der Waals surface area contributed by atoms with Gasteiger partial charge in [0.15, 0.2) is 5.96 Å². The third kappa shape index (κ3) is 3.89. The molecule has 0 saturated carbocycles. The number of rotatable bonds is 4. The molecule has 0 amide bonds. The van der Waals surface area contributed by atoms with Gasteiger partial charge >= 0.3 is 0 Å². The average molecular weight is 259 g/mol. The quantitative estimate of drug-likeness (QED) is 0.655. The Morgan fingerprint density at radius 2 is 2.11 bits per heavy atom. The first-order valence-corrected chi connectivity index (χ1v) is 6.85. The summed E-state index contributed by atoms with van der Waals surface area (Å²) in [7, 11) is 0. The second-order valence-electron chi connectivity index (χ2n) is 4.19. The number of anilines is 1. The van der Waals surface area contributed by atoms with Crippen LogP contribution in [-0.4, -0.2) is 12.0 Å². The van der Waals surface area contributed by atoms with Crippen LogP contribution in [0.15, 0.2) is 52.2 Å². The SMILES string of the molecule is CC(Cc1ccsc1)N=C(N)Nc1ccccc1. The van der Waals surface area contributed by atoms with E-state index in [0.29, 0.717) is 5.96 Å². The van der Waals surface area contributed by atoms with Gasteiger partial charge in [-0.1, -0.05) is 18.2 Å². The fraction of sp³-hybridized carbons (Fsp3) is 0.214. The van der Waals surface area contributed by atoms with Crippen LogP contribution >= 0.6 is 11.3 Å². The van der Waals surface area contributed by atoms with Crippen molar-refractivity contribution >= 4 is 23.0 Å². The Morgan fingerprint density at radius 3 is 2.78 bits per heavy atom. The van der Waals surface area contributed by atoms with Gasteiger partial charge in [0.25, 0.3) is 0 Å². The summed E-state index contributed by atoms with van der Waals surface area (Å²) >= 11 is 1.71.